The molecule has 1 atom stereocenters. The molecule has 1 aromatic heterocycles. The van der Waals surface area contributed by atoms with Crippen LogP contribution in [0.5, 0.6) is 0 Å². The Morgan fingerprint density at radius 3 is 2.89 bits per heavy atom. The van der Waals surface area contributed by atoms with Crippen LogP contribution < -0.4 is 5.73 Å². The summed E-state index contributed by atoms with van der Waals surface area (Å²) in [5.74, 6) is 0.899. The minimum Gasteiger partial charge on any atom is -0.375 e. The Bertz CT molecular complexity index is 423. The fraction of sp³-hybridized carbons (Fsp3) is 0.800. The van der Waals surface area contributed by atoms with Crippen LogP contribution in [-0.2, 0) is 6.54 Å². The minimum absolute atomic E-state index is 0.604. The Morgan fingerprint density at radius 1 is 1.42 bits per heavy atom. The van der Waals surface area contributed by atoms with E-state index in [1.54, 1.807) is 11.3 Å². The quantitative estimate of drug-likeness (QED) is 0.900. The molecule has 1 aliphatic carbocycles. The minimum atomic E-state index is 0.604. The first-order valence-electron chi connectivity index (χ1n) is 7.60. The summed E-state index contributed by atoms with van der Waals surface area (Å²) in [5, 5.41) is 0.702. The van der Waals surface area contributed by atoms with Crippen LogP contribution in [0.15, 0.2) is 6.20 Å². The average molecular weight is 279 g/mol. The number of likely N-dealkylation sites (tertiary alicyclic amines) is 1. The van der Waals surface area contributed by atoms with Crippen molar-refractivity contribution in [3.05, 3.63) is 11.1 Å². The third-order valence-electron chi connectivity index (χ3n) is 5.26. The van der Waals surface area contributed by atoms with E-state index >= 15 is 0 Å². The van der Waals surface area contributed by atoms with Crippen LogP contribution in [0, 0.1) is 11.3 Å². The zero-order chi connectivity index (χ0) is 13.3. The van der Waals surface area contributed by atoms with Gasteiger partial charge < -0.3 is 5.73 Å². The number of piperidine rings is 1. The molecule has 1 saturated heterocycles. The van der Waals surface area contributed by atoms with E-state index < -0.39 is 0 Å². The number of hydrogen-bond acceptors (Lipinski definition) is 4. The van der Waals surface area contributed by atoms with Gasteiger partial charge in [-0.3, -0.25) is 4.90 Å². The molecular weight excluding hydrogens is 254 g/mol. The average Bonchev–Trinajstić information content (AvgIpc) is 2.81. The first kappa shape index (κ1) is 13.4. The second-order valence-corrected chi connectivity index (χ2v) is 7.63. The Labute approximate surface area is 120 Å². The summed E-state index contributed by atoms with van der Waals surface area (Å²) >= 11 is 1.64. The maximum atomic E-state index is 5.73. The molecule has 1 aromatic rings. The number of thiazole rings is 1. The lowest BCUT2D eigenvalue weighted by atomic mass is 9.63. The number of nitrogens with zero attached hydrogens (tertiary/aromatic N) is 2. The van der Waals surface area contributed by atoms with Crippen LogP contribution in [0.3, 0.4) is 0 Å². The van der Waals surface area contributed by atoms with Crippen LogP contribution in [0.2, 0.25) is 0 Å². The summed E-state index contributed by atoms with van der Waals surface area (Å²) in [6.45, 7) is 6.05. The third kappa shape index (κ3) is 2.79. The number of rotatable bonds is 2. The smallest absolute Gasteiger partial charge is 0.180 e. The van der Waals surface area contributed by atoms with Crippen molar-refractivity contribution in [2.75, 3.05) is 18.8 Å². The molecule has 0 aromatic carbocycles. The lowest BCUT2D eigenvalue weighted by Crippen LogP contribution is -2.48. The van der Waals surface area contributed by atoms with Gasteiger partial charge in [0.05, 0.1) is 0 Å². The molecule has 1 saturated carbocycles. The fourth-order valence-corrected chi connectivity index (χ4v) is 4.75. The summed E-state index contributed by atoms with van der Waals surface area (Å²) in [5.41, 5.74) is 6.33. The molecule has 0 radical (unpaired) electrons. The van der Waals surface area contributed by atoms with Gasteiger partial charge in [0.1, 0.15) is 0 Å². The Hall–Kier alpha value is -0.610. The van der Waals surface area contributed by atoms with Gasteiger partial charge in [-0.1, -0.05) is 26.2 Å². The highest BCUT2D eigenvalue weighted by atomic mass is 32.1. The summed E-state index contributed by atoms with van der Waals surface area (Å²) < 4.78 is 0. The Kier molecular flexibility index (Phi) is 3.81. The summed E-state index contributed by atoms with van der Waals surface area (Å²) in [4.78, 5) is 8.13. The normalized spacial score (nSPS) is 27.7. The number of nitrogen functional groups attached to an aromatic ring is 1. The third-order valence-corrected chi connectivity index (χ3v) is 6.07. The maximum absolute atomic E-state index is 5.73. The molecule has 3 rings (SSSR count). The van der Waals surface area contributed by atoms with E-state index in [0.29, 0.717) is 10.5 Å². The molecule has 3 nitrogen and oxygen atoms in total. The fourth-order valence-electron chi connectivity index (χ4n) is 4.02. The predicted octanol–water partition coefficient (Wildman–Crippen LogP) is 3.52. The van der Waals surface area contributed by atoms with Crippen molar-refractivity contribution in [1.29, 1.82) is 0 Å². The largest absolute Gasteiger partial charge is 0.375 e. The van der Waals surface area contributed by atoms with Gasteiger partial charge in [-0.25, -0.2) is 4.98 Å². The monoisotopic (exact) mass is 279 g/mol. The van der Waals surface area contributed by atoms with Crippen molar-refractivity contribution >= 4 is 16.5 Å². The van der Waals surface area contributed by atoms with Gasteiger partial charge in [0.15, 0.2) is 5.13 Å². The molecule has 106 valence electrons. The molecule has 0 amide bonds. The molecule has 0 bridgehead atoms. The van der Waals surface area contributed by atoms with Crippen molar-refractivity contribution in [3.8, 4) is 0 Å². The van der Waals surface area contributed by atoms with E-state index in [9.17, 15) is 0 Å². The van der Waals surface area contributed by atoms with Crippen molar-refractivity contribution in [3.63, 3.8) is 0 Å². The van der Waals surface area contributed by atoms with Gasteiger partial charge in [-0.2, -0.15) is 0 Å². The molecule has 1 aliphatic heterocycles. The van der Waals surface area contributed by atoms with Crippen LogP contribution in [-0.4, -0.2) is 23.0 Å². The van der Waals surface area contributed by atoms with Crippen LogP contribution in [0.25, 0.3) is 0 Å². The first-order chi connectivity index (χ1) is 9.18. The standard InChI is InChI=1S/C15H25N3S/c1-12-5-8-18(10-13-9-17-14(16)19-13)11-15(12)6-3-2-4-7-15/h9,12H,2-8,10-11H2,1H3,(H2,16,17). The molecule has 2 aliphatic rings. The molecule has 2 heterocycles. The highest BCUT2D eigenvalue weighted by Crippen LogP contribution is 2.47. The lowest BCUT2D eigenvalue weighted by molar-refractivity contribution is 0.00119. The lowest BCUT2D eigenvalue weighted by Gasteiger charge is -2.49. The van der Waals surface area contributed by atoms with Crippen molar-refractivity contribution in [2.24, 2.45) is 11.3 Å². The molecular formula is C15H25N3S. The highest BCUT2D eigenvalue weighted by Gasteiger charge is 2.41. The Morgan fingerprint density at radius 2 is 2.21 bits per heavy atom. The van der Waals surface area contributed by atoms with E-state index in [4.69, 9.17) is 5.73 Å². The first-order valence-corrected chi connectivity index (χ1v) is 8.42. The van der Waals surface area contributed by atoms with Crippen LogP contribution >= 0.6 is 11.3 Å². The van der Waals surface area contributed by atoms with Crippen molar-refractivity contribution < 1.29 is 0 Å². The van der Waals surface area contributed by atoms with E-state index in [-0.39, 0.29) is 0 Å². The molecule has 19 heavy (non-hydrogen) atoms. The van der Waals surface area contributed by atoms with E-state index in [1.165, 1.54) is 56.5 Å². The zero-order valence-electron chi connectivity index (χ0n) is 11.9. The van der Waals surface area contributed by atoms with Gasteiger partial charge in [-0.15, -0.1) is 11.3 Å². The molecule has 1 spiro atoms. The molecule has 4 heteroatoms. The highest BCUT2D eigenvalue weighted by molar-refractivity contribution is 7.15. The SMILES string of the molecule is CC1CCN(Cc2cnc(N)s2)CC12CCCCC2. The Balaban J connectivity index is 1.67. The van der Waals surface area contributed by atoms with Gasteiger partial charge in [0, 0.05) is 24.2 Å². The number of nitrogens with two attached hydrogens (primary N) is 1. The molecule has 2 N–H and O–H groups in total. The van der Waals surface area contributed by atoms with E-state index in [1.807, 2.05) is 6.20 Å². The van der Waals surface area contributed by atoms with Gasteiger partial charge >= 0.3 is 0 Å². The number of anilines is 1. The van der Waals surface area contributed by atoms with Gasteiger partial charge in [0.2, 0.25) is 0 Å². The summed E-state index contributed by atoms with van der Waals surface area (Å²) in [6, 6.07) is 0. The second kappa shape index (κ2) is 5.41. The zero-order valence-corrected chi connectivity index (χ0v) is 12.7. The van der Waals surface area contributed by atoms with Crippen LogP contribution in [0.4, 0.5) is 5.13 Å². The molecule has 2 fully saturated rings. The van der Waals surface area contributed by atoms with E-state index in [2.05, 4.69) is 16.8 Å². The maximum Gasteiger partial charge on any atom is 0.180 e. The van der Waals surface area contributed by atoms with Gasteiger partial charge in [0.25, 0.3) is 0 Å². The number of aromatic nitrogens is 1. The second-order valence-electron chi connectivity index (χ2n) is 6.49. The van der Waals surface area contributed by atoms with Crippen molar-refractivity contribution in [2.45, 2.75) is 52.0 Å². The topological polar surface area (TPSA) is 42.2 Å². The summed E-state index contributed by atoms with van der Waals surface area (Å²) in [6.07, 6.45) is 10.5. The van der Waals surface area contributed by atoms with Crippen molar-refractivity contribution in [1.82, 2.24) is 9.88 Å². The van der Waals surface area contributed by atoms with Gasteiger partial charge in [-0.05, 0) is 37.1 Å². The predicted molar refractivity (Wildman–Crippen MR) is 81.1 cm³/mol. The number of hydrogen-bond donors (Lipinski definition) is 1. The summed E-state index contributed by atoms with van der Waals surface area (Å²) in [7, 11) is 0. The van der Waals surface area contributed by atoms with Crippen LogP contribution in [0.1, 0.15) is 50.3 Å². The van der Waals surface area contributed by atoms with E-state index in [0.717, 1.165) is 12.5 Å². The molecule has 1 unspecified atom stereocenters.